The zero-order valence-electron chi connectivity index (χ0n) is 10.00. The number of hydrogen-bond acceptors (Lipinski definition) is 6. The van der Waals surface area contributed by atoms with Crippen molar-refractivity contribution in [2.24, 2.45) is 0 Å². The highest BCUT2D eigenvalue weighted by atomic mass is 32.2. The third kappa shape index (κ3) is 2.33. The van der Waals surface area contributed by atoms with E-state index in [9.17, 15) is 13.2 Å². The van der Waals surface area contributed by atoms with Gasteiger partial charge in [0, 0.05) is 0 Å². The molecule has 1 aliphatic heterocycles. The van der Waals surface area contributed by atoms with Gasteiger partial charge in [0.15, 0.2) is 9.84 Å². The van der Waals surface area contributed by atoms with Gasteiger partial charge in [0.1, 0.15) is 5.69 Å². The molecule has 1 saturated heterocycles. The number of imidazole rings is 1. The van der Waals surface area contributed by atoms with Crippen LogP contribution in [0, 0.1) is 0 Å². The molecule has 2 rings (SSSR count). The van der Waals surface area contributed by atoms with Crippen LogP contribution in [0.1, 0.15) is 29.9 Å². The molecule has 0 amide bonds. The Morgan fingerprint density at radius 3 is 2.94 bits per heavy atom. The standard InChI is InChI=1S/C10H15N3O4S/c1-2-17-9(14)8-5-12-10(11)13(8)7-3-4-18(15,16)6-7/h5,7H,2-4,6H2,1H3,(H2,11,12). The van der Waals surface area contributed by atoms with Crippen LogP contribution in [0.25, 0.3) is 0 Å². The second-order valence-corrected chi connectivity index (χ2v) is 6.38. The summed E-state index contributed by atoms with van der Waals surface area (Å²) in [5.74, 6) is -0.302. The van der Waals surface area contributed by atoms with Gasteiger partial charge in [0.2, 0.25) is 5.95 Å². The van der Waals surface area contributed by atoms with E-state index >= 15 is 0 Å². The SMILES string of the molecule is CCOC(=O)c1cnc(N)n1C1CCS(=O)(=O)C1. The van der Waals surface area contributed by atoms with Crippen molar-refractivity contribution < 1.29 is 17.9 Å². The maximum atomic E-state index is 11.7. The number of aromatic nitrogens is 2. The highest BCUT2D eigenvalue weighted by molar-refractivity contribution is 7.91. The largest absolute Gasteiger partial charge is 0.461 e. The van der Waals surface area contributed by atoms with Gasteiger partial charge < -0.3 is 15.0 Å². The molecular formula is C10H15N3O4S. The minimum Gasteiger partial charge on any atom is -0.461 e. The monoisotopic (exact) mass is 273 g/mol. The van der Waals surface area contributed by atoms with Crippen molar-refractivity contribution in [2.75, 3.05) is 23.8 Å². The predicted octanol–water partition coefficient (Wildman–Crippen LogP) is 0.00160. The Hall–Kier alpha value is -1.57. The smallest absolute Gasteiger partial charge is 0.356 e. The lowest BCUT2D eigenvalue weighted by Crippen LogP contribution is -2.19. The van der Waals surface area contributed by atoms with Gasteiger partial charge in [0.25, 0.3) is 0 Å². The molecule has 18 heavy (non-hydrogen) atoms. The maximum absolute atomic E-state index is 11.7. The van der Waals surface area contributed by atoms with Crippen molar-refractivity contribution in [2.45, 2.75) is 19.4 Å². The lowest BCUT2D eigenvalue weighted by atomic mass is 10.2. The summed E-state index contributed by atoms with van der Waals surface area (Å²) in [7, 11) is -3.05. The Balaban J connectivity index is 2.33. The van der Waals surface area contributed by atoms with Crippen LogP contribution in [0.5, 0.6) is 0 Å². The number of ether oxygens (including phenoxy) is 1. The van der Waals surface area contributed by atoms with Gasteiger partial charge in [-0.3, -0.25) is 0 Å². The molecule has 8 heteroatoms. The molecule has 1 atom stereocenters. The van der Waals surface area contributed by atoms with Crippen LogP contribution in [0.4, 0.5) is 5.95 Å². The molecule has 2 heterocycles. The highest BCUT2D eigenvalue weighted by Gasteiger charge is 2.33. The summed E-state index contributed by atoms with van der Waals surface area (Å²) in [5.41, 5.74) is 5.90. The summed E-state index contributed by atoms with van der Waals surface area (Å²) >= 11 is 0. The van der Waals surface area contributed by atoms with Crippen LogP contribution in [-0.4, -0.2) is 42.1 Å². The Kier molecular flexibility index (Phi) is 3.29. The first kappa shape index (κ1) is 12.9. The summed E-state index contributed by atoms with van der Waals surface area (Å²) in [4.78, 5) is 15.6. The zero-order valence-corrected chi connectivity index (χ0v) is 10.8. The van der Waals surface area contributed by atoms with E-state index in [-0.39, 0.29) is 35.8 Å². The summed E-state index contributed by atoms with van der Waals surface area (Å²) < 4.78 is 29.3. The van der Waals surface area contributed by atoms with Gasteiger partial charge >= 0.3 is 5.97 Å². The average Bonchev–Trinajstić information content (AvgIpc) is 2.82. The molecule has 0 radical (unpaired) electrons. The molecule has 0 saturated carbocycles. The number of anilines is 1. The van der Waals surface area contributed by atoms with Gasteiger partial charge in [-0.15, -0.1) is 0 Å². The van der Waals surface area contributed by atoms with Crippen molar-refractivity contribution in [1.29, 1.82) is 0 Å². The minimum absolute atomic E-state index is 0.0139. The Labute approximate surface area is 105 Å². The van der Waals surface area contributed by atoms with Gasteiger partial charge in [-0.05, 0) is 13.3 Å². The average molecular weight is 273 g/mol. The molecule has 1 aromatic rings. The molecule has 0 spiro atoms. The number of nitrogens with zero attached hydrogens (tertiary/aromatic N) is 2. The van der Waals surface area contributed by atoms with Crippen LogP contribution < -0.4 is 5.73 Å². The van der Waals surface area contributed by atoms with Crippen molar-refractivity contribution in [3.63, 3.8) is 0 Å². The molecule has 0 aliphatic carbocycles. The summed E-state index contributed by atoms with van der Waals surface area (Å²) in [6.07, 6.45) is 1.76. The number of sulfone groups is 1. The highest BCUT2D eigenvalue weighted by Crippen LogP contribution is 2.27. The number of hydrogen-bond donors (Lipinski definition) is 1. The molecule has 0 aromatic carbocycles. The fourth-order valence-electron chi connectivity index (χ4n) is 2.09. The summed E-state index contributed by atoms with van der Waals surface area (Å²) in [5, 5.41) is 0. The van der Waals surface area contributed by atoms with Crippen molar-refractivity contribution in [3.8, 4) is 0 Å². The van der Waals surface area contributed by atoms with E-state index in [4.69, 9.17) is 10.5 Å². The Morgan fingerprint density at radius 1 is 1.67 bits per heavy atom. The quantitative estimate of drug-likeness (QED) is 0.777. The third-order valence-electron chi connectivity index (χ3n) is 2.88. The van der Waals surface area contributed by atoms with Gasteiger partial charge in [0.05, 0.1) is 30.4 Å². The van der Waals surface area contributed by atoms with E-state index in [1.807, 2.05) is 0 Å². The van der Waals surface area contributed by atoms with Crippen molar-refractivity contribution in [1.82, 2.24) is 9.55 Å². The molecule has 1 aliphatic rings. The number of rotatable bonds is 3. The van der Waals surface area contributed by atoms with Crippen molar-refractivity contribution in [3.05, 3.63) is 11.9 Å². The second kappa shape index (κ2) is 4.60. The van der Waals surface area contributed by atoms with Gasteiger partial charge in [-0.25, -0.2) is 18.2 Å². The zero-order chi connectivity index (χ0) is 13.3. The van der Waals surface area contributed by atoms with Gasteiger partial charge in [-0.1, -0.05) is 0 Å². The molecule has 1 aromatic heterocycles. The molecular weight excluding hydrogens is 258 g/mol. The summed E-state index contributed by atoms with van der Waals surface area (Å²) in [6.45, 7) is 1.94. The van der Waals surface area contributed by atoms with Crippen LogP contribution >= 0.6 is 0 Å². The van der Waals surface area contributed by atoms with Crippen LogP contribution in [0.3, 0.4) is 0 Å². The number of esters is 1. The first-order valence-corrected chi connectivity index (χ1v) is 7.47. The lowest BCUT2D eigenvalue weighted by molar-refractivity contribution is 0.0512. The summed E-state index contributed by atoms with van der Waals surface area (Å²) in [6, 6.07) is -0.336. The third-order valence-corrected chi connectivity index (χ3v) is 4.63. The van der Waals surface area contributed by atoms with E-state index in [1.165, 1.54) is 10.8 Å². The molecule has 1 fully saturated rings. The van der Waals surface area contributed by atoms with E-state index in [2.05, 4.69) is 4.98 Å². The van der Waals surface area contributed by atoms with Crippen LogP contribution in [0.2, 0.25) is 0 Å². The number of nitrogen functional groups attached to an aromatic ring is 1. The number of carbonyl (C=O) groups is 1. The fourth-order valence-corrected chi connectivity index (χ4v) is 3.79. The number of carbonyl (C=O) groups excluding carboxylic acids is 1. The molecule has 1 unspecified atom stereocenters. The molecule has 100 valence electrons. The van der Waals surface area contributed by atoms with Gasteiger partial charge in [-0.2, -0.15) is 0 Å². The minimum atomic E-state index is -3.05. The molecule has 0 bridgehead atoms. The topological polar surface area (TPSA) is 104 Å². The fraction of sp³-hybridized carbons (Fsp3) is 0.600. The normalized spacial score (nSPS) is 21.9. The van der Waals surface area contributed by atoms with Crippen molar-refractivity contribution >= 4 is 21.8 Å². The maximum Gasteiger partial charge on any atom is 0.356 e. The van der Waals surface area contributed by atoms with E-state index < -0.39 is 15.8 Å². The van der Waals surface area contributed by atoms with E-state index in [0.29, 0.717) is 6.42 Å². The van der Waals surface area contributed by atoms with Crippen LogP contribution in [-0.2, 0) is 14.6 Å². The predicted molar refractivity (Wildman–Crippen MR) is 64.9 cm³/mol. The second-order valence-electron chi connectivity index (χ2n) is 4.15. The van der Waals surface area contributed by atoms with Crippen LogP contribution in [0.15, 0.2) is 6.20 Å². The van der Waals surface area contributed by atoms with E-state index in [0.717, 1.165) is 0 Å². The molecule has 7 nitrogen and oxygen atoms in total. The Morgan fingerprint density at radius 2 is 2.39 bits per heavy atom. The first-order valence-electron chi connectivity index (χ1n) is 5.65. The lowest BCUT2D eigenvalue weighted by Gasteiger charge is -2.14. The first-order chi connectivity index (χ1) is 8.44. The molecule has 2 N–H and O–H groups in total. The Bertz CT molecular complexity index is 564. The number of nitrogens with two attached hydrogens (primary N) is 1. The van der Waals surface area contributed by atoms with E-state index in [1.54, 1.807) is 6.92 Å².